The number of piperazine rings is 1. The Morgan fingerprint density at radius 2 is 1.84 bits per heavy atom. The monoisotopic (exact) mass is 336 g/mol. The number of nitrogens with one attached hydrogen (secondary N) is 1. The van der Waals surface area contributed by atoms with Crippen LogP contribution in [0.25, 0.3) is 11.2 Å². The number of hydrogen-bond acceptors (Lipinski definition) is 5. The zero-order chi connectivity index (χ0) is 17.2. The molecule has 0 spiro atoms. The van der Waals surface area contributed by atoms with Crippen molar-refractivity contribution in [3.05, 3.63) is 48.0 Å². The summed E-state index contributed by atoms with van der Waals surface area (Å²) in [4.78, 5) is 32.6. The maximum absolute atomic E-state index is 12.7. The van der Waals surface area contributed by atoms with Crippen molar-refractivity contribution < 1.29 is 4.79 Å². The van der Waals surface area contributed by atoms with Gasteiger partial charge in [-0.15, -0.1) is 0 Å². The van der Waals surface area contributed by atoms with Crippen molar-refractivity contribution in [1.29, 1.82) is 0 Å². The fourth-order valence-electron chi connectivity index (χ4n) is 3.18. The molecule has 1 aliphatic heterocycles. The molecule has 25 heavy (non-hydrogen) atoms. The summed E-state index contributed by atoms with van der Waals surface area (Å²) in [5.41, 5.74) is 3.51. The van der Waals surface area contributed by atoms with E-state index >= 15 is 0 Å². The summed E-state index contributed by atoms with van der Waals surface area (Å²) in [6.45, 7) is 4.94. The van der Waals surface area contributed by atoms with Gasteiger partial charge in [0.05, 0.1) is 6.33 Å². The van der Waals surface area contributed by atoms with E-state index in [2.05, 4.69) is 31.8 Å². The summed E-state index contributed by atoms with van der Waals surface area (Å²) in [6, 6.07) is 7.90. The van der Waals surface area contributed by atoms with Gasteiger partial charge in [0.1, 0.15) is 11.8 Å². The van der Waals surface area contributed by atoms with Crippen LogP contribution in [-0.4, -0.2) is 56.9 Å². The molecule has 1 aliphatic rings. The van der Waals surface area contributed by atoms with Gasteiger partial charge in [0, 0.05) is 31.7 Å². The highest BCUT2D eigenvalue weighted by Gasteiger charge is 2.24. The summed E-state index contributed by atoms with van der Waals surface area (Å²) >= 11 is 0. The number of hydrogen-bond donors (Lipinski definition) is 1. The van der Waals surface area contributed by atoms with Crippen molar-refractivity contribution in [1.82, 2.24) is 24.8 Å². The van der Waals surface area contributed by atoms with Crippen LogP contribution < -0.4 is 4.90 Å². The Bertz CT molecular complexity index is 880. The van der Waals surface area contributed by atoms with Crippen molar-refractivity contribution in [3.63, 3.8) is 0 Å². The molecule has 3 heterocycles. The standard InChI is InChI=1S/C18H20N6O/c1-2-13-3-5-14(6-4-13)18(25)24-9-7-23(8-10-24)17-15-16(20-11-19-15)21-12-22-17/h3-6,11-12H,2,7-10H2,1H3,(H,19,20,21,22). The largest absolute Gasteiger partial charge is 0.351 e. The third-order valence-electron chi connectivity index (χ3n) is 4.68. The van der Waals surface area contributed by atoms with E-state index in [0.29, 0.717) is 18.7 Å². The SMILES string of the molecule is CCc1ccc(C(=O)N2CCN(c3ncnc4nc[nH]c34)CC2)cc1. The van der Waals surface area contributed by atoms with E-state index in [0.717, 1.165) is 36.4 Å². The molecule has 1 saturated heterocycles. The second kappa shape index (κ2) is 6.51. The van der Waals surface area contributed by atoms with Crippen LogP contribution >= 0.6 is 0 Å². The maximum atomic E-state index is 12.7. The van der Waals surface area contributed by atoms with Crippen molar-refractivity contribution in [2.45, 2.75) is 13.3 Å². The van der Waals surface area contributed by atoms with E-state index in [9.17, 15) is 4.79 Å². The number of H-pyrrole nitrogens is 1. The number of imidazole rings is 1. The topological polar surface area (TPSA) is 78.0 Å². The van der Waals surface area contributed by atoms with Crippen LogP contribution in [0.3, 0.4) is 0 Å². The molecule has 1 amide bonds. The van der Waals surface area contributed by atoms with Crippen LogP contribution in [0.2, 0.25) is 0 Å². The average Bonchev–Trinajstić information content (AvgIpc) is 3.16. The highest BCUT2D eigenvalue weighted by molar-refractivity contribution is 5.94. The number of rotatable bonds is 3. The molecule has 0 bridgehead atoms. The normalized spacial score (nSPS) is 14.9. The smallest absolute Gasteiger partial charge is 0.253 e. The molecule has 0 unspecified atom stereocenters. The summed E-state index contributed by atoms with van der Waals surface area (Å²) in [7, 11) is 0. The predicted octanol–water partition coefficient (Wildman–Crippen LogP) is 1.88. The van der Waals surface area contributed by atoms with E-state index in [1.807, 2.05) is 29.2 Å². The second-order valence-corrected chi connectivity index (χ2v) is 6.13. The van der Waals surface area contributed by atoms with Crippen molar-refractivity contribution in [2.75, 3.05) is 31.1 Å². The molecule has 1 aromatic carbocycles. The van der Waals surface area contributed by atoms with Gasteiger partial charge in [-0.25, -0.2) is 15.0 Å². The van der Waals surface area contributed by atoms with Crippen LogP contribution in [-0.2, 0) is 6.42 Å². The molecule has 0 atom stereocenters. The highest BCUT2D eigenvalue weighted by atomic mass is 16.2. The van der Waals surface area contributed by atoms with E-state index in [-0.39, 0.29) is 5.91 Å². The van der Waals surface area contributed by atoms with Gasteiger partial charge in [-0.1, -0.05) is 19.1 Å². The molecule has 1 fully saturated rings. The van der Waals surface area contributed by atoms with Crippen molar-refractivity contribution in [3.8, 4) is 0 Å². The molecule has 0 radical (unpaired) electrons. The molecule has 0 aliphatic carbocycles. The van der Waals surface area contributed by atoms with Crippen LogP contribution in [0, 0.1) is 0 Å². The number of carbonyl (C=O) groups is 1. The molecule has 7 heteroatoms. The number of benzene rings is 1. The first-order valence-electron chi connectivity index (χ1n) is 8.53. The Morgan fingerprint density at radius 1 is 1.08 bits per heavy atom. The number of amides is 1. The molecular formula is C18H20N6O. The minimum atomic E-state index is 0.0941. The lowest BCUT2D eigenvalue weighted by Crippen LogP contribution is -2.49. The number of aryl methyl sites for hydroxylation is 1. The first-order chi connectivity index (χ1) is 12.3. The third-order valence-corrected chi connectivity index (χ3v) is 4.68. The number of fused-ring (bicyclic) bond motifs is 1. The number of anilines is 1. The minimum Gasteiger partial charge on any atom is -0.351 e. The summed E-state index contributed by atoms with van der Waals surface area (Å²) in [5.74, 6) is 0.943. The van der Waals surface area contributed by atoms with Crippen LogP contribution in [0.4, 0.5) is 5.82 Å². The van der Waals surface area contributed by atoms with Gasteiger partial charge in [0.2, 0.25) is 0 Å². The van der Waals surface area contributed by atoms with Crippen LogP contribution in [0.15, 0.2) is 36.9 Å². The lowest BCUT2D eigenvalue weighted by atomic mass is 10.1. The van der Waals surface area contributed by atoms with Gasteiger partial charge in [-0.3, -0.25) is 4.79 Å². The first-order valence-corrected chi connectivity index (χ1v) is 8.53. The number of nitrogens with zero attached hydrogens (tertiary/aromatic N) is 5. The van der Waals surface area contributed by atoms with Crippen LogP contribution in [0.1, 0.15) is 22.8 Å². The Labute approximate surface area is 145 Å². The zero-order valence-corrected chi connectivity index (χ0v) is 14.1. The molecule has 1 N–H and O–H groups in total. The molecule has 4 rings (SSSR count). The van der Waals surface area contributed by atoms with Crippen molar-refractivity contribution in [2.24, 2.45) is 0 Å². The molecule has 2 aromatic heterocycles. The highest BCUT2D eigenvalue weighted by Crippen LogP contribution is 2.21. The van der Waals surface area contributed by atoms with E-state index in [4.69, 9.17) is 0 Å². The first kappa shape index (κ1) is 15.6. The Hall–Kier alpha value is -2.96. The number of aromatic amines is 1. The number of carbonyl (C=O) groups excluding carboxylic acids is 1. The molecular weight excluding hydrogens is 316 g/mol. The fraction of sp³-hybridized carbons (Fsp3) is 0.333. The van der Waals surface area contributed by atoms with Crippen molar-refractivity contribution >= 4 is 22.9 Å². The molecule has 0 saturated carbocycles. The Kier molecular flexibility index (Phi) is 4.05. The lowest BCUT2D eigenvalue weighted by Gasteiger charge is -2.35. The predicted molar refractivity (Wildman–Crippen MR) is 95.6 cm³/mol. The van der Waals surface area contributed by atoms with Gasteiger partial charge >= 0.3 is 0 Å². The van der Waals surface area contributed by atoms with E-state index in [1.165, 1.54) is 11.9 Å². The maximum Gasteiger partial charge on any atom is 0.253 e. The fourth-order valence-corrected chi connectivity index (χ4v) is 3.18. The van der Waals surface area contributed by atoms with Gasteiger partial charge < -0.3 is 14.8 Å². The van der Waals surface area contributed by atoms with Gasteiger partial charge in [0.25, 0.3) is 5.91 Å². The lowest BCUT2D eigenvalue weighted by molar-refractivity contribution is 0.0746. The second-order valence-electron chi connectivity index (χ2n) is 6.13. The van der Waals surface area contributed by atoms with Crippen LogP contribution in [0.5, 0.6) is 0 Å². The van der Waals surface area contributed by atoms with E-state index < -0.39 is 0 Å². The third kappa shape index (κ3) is 2.93. The minimum absolute atomic E-state index is 0.0941. The Morgan fingerprint density at radius 3 is 2.56 bits per heavy atom. The summed E-state index contributed by atoms with van der Waals surface area (Å²) < 4.78 is 0. The van der Waals surface area contributed by atoms with Gasteiger partial charge in [0.15, 0.2) is 11.5 Å². The zero-order valence-electron chi connectivity index (χ0n) is 14.1. The molecule has 3 aromatic rings. The quantitative estimate of drug-likeness (QED) is 0.790. The molecule has 128 valence electrons. The molecule has 7 nitrogen and oxygen atoms in total. The Balaban J connectivity index is 1.45. The van der Waals surface area contributed by atoms with Gasteiger partial charge in [-0.05, 0) is 24.1 Å². The summed E-state index contributed by atoms with van der Waals surface area (Å²) in [5, 5.41) is 0. The van der Waals surface area contributed by atoms with E-state index in [1.54, 1.807) is 6.33 Å². The van der Waals surface area contributed by atoms with Gasteiger partial charge in [-0.2, -0.15) is 0 Å². The number of aromatic nitrogens is 4. The average molecular weight is 336 g/mol. The summed E-state index contributed by atoms with van der Waals surface area (Å²) in [6.07, 6.45) is 4.14.